The number of morpholine rings is 1. The molecule has 0 spiro atoms. The number of rotatable bonds is 6. The summed E-state index contributed by atoms with van der Waals surface area (Å²) >= 11 is 6.69. The number of carbonyl (C=O) groups excluding carboxylic acids is 2. The molecule has 1 aliphatic rings. The molecule has 2 amide bonds. The number of H-pyrrole nitrogens is 1. The zero-order chi connectivity index (χ0) is 22.5. The Morgan fingerprint density at radius 2 is 1.97 bits per heavy atom. The van der Waals surface area contributed by atoms with E-state index in [1.54, 1.807) is 9.95 Å². The zero-order valence-electron chi connectivity index (χ0n) is 17.5. The number of ether oxygens (including phenoxy) is 1. The van der Waals surface area contributed by atoms with Gasteiger partial charge in [-0.15, -0.1) is 11.3 Å². The molecule has 0 aliphatic carbocycles. The molecule has 1 saturated heterocycles. The van der Waals surface area contributed by atoms with Crippen LogP contribution in [0.2, 0.25) is 0 Å². The van der Waals surface area contributed by atoms with E-state index in [0.717, 1.165) is 29.3 Å². The maximum Gasteiger partial charge on any atom is 0.289 e. The van der Waals surface area contributed by atoms with Gasteiger partial charge in [-0.25, -0.2) is 4.98 Å². The molecule has 168 valence electrons. The third-order valence-corrected chi connectivity index (χ3v) is 6.17. The van der Waals surface area contributed by atoms with Crippen LogP contribution < -0.4 is 15.8 Å². The van der Waals surface area contributed by atoms with Crippen LogP contribution in [-0.4, -0.2) is 57.9 Å². The van der Waals surface area contributed by atoms with E-state index in [4.69, 9.17) is 17.0 Å². The highest BCUT2D eigenvalue weighted by Gasteiger charge is 2.18. The summed E-state index contributed by atoms with van der Waals surface area (Å²) in [7, 11) is 0. The molecular weight excluding hydrogens is 450 g/mol. The summed E-state index contributed by atoms with van der Waals surface area (Å²) in [5.74, 6) is -0.153. The lowest BCUT2D eigenvalue weighted by atomic mass is 10.1. The van der Waals surface area contributed by atoms with Crippen molar-refractivity contribution in [3.05, 3.63) is 45.7 Å². The average molecular weight is 474 g/mol. The van der Waals surface area contributed by atoms with Gasteiger partial charge in [-0.2, -0.15) is 5.10 Å². The van der Waals surface area contributed by atoms with Gasteiger partial charge >= 0.3 is 0 Å². The Morgan fingerprint density at radius 1 is 1.22 bits per heavy atom. The third-order valence-electron chi connectivity index (χ3n) is 4.95. The first-order chi connectivity index (χ1) is 15.5. The van der Waals surface area contributed by atoms with E-state index >= 15 is 0 Å². The van der Waals surface area contributed by atoms with E-state index in [-0.39, 0.29) is 18.0 Å². The summed E-state index contributed by atoms with van der Waals surface area (Å²) in [6.07, 6.45) is 0.114. The second-order valence-electron chi connectivity index (χ2n) is 7.24. The van der Waals surface area contributed by atoms with Crippen molar-refractivity contribution in [1.29, 1.82) is 0 Å². The first kappa shape index (κ1) is 22.1. The van der Waals surface area contributed by atoms with Gasteiger partial charge < -0.3 is 9.64 Å². The van der Waals surface area contributed by atoms with Crippen molar-refractivity contribution in [3.63, 3.8) is 0 Å². The number of hydrazine groups is 1. The summed E-state index contributed by atoms with van der Waals surface area (Å²) in [6.45, 7) is 5.10. The Bertz CT molecular complexity index is 1150. The fraction of sp³-hybridized carbons (Fsp3) is 0.350. The molecule has 0 unspecified atom stereocenters. The van der Waals surface area contributed by atoms with Gasteiger partial charge in [0.2, 0.25) is 5.91 Å². The van der Waals surface area contributed by atoms with Crippen molar-refractivity contribution in [2.75, 3.05) is 31.2 Å². The summed E-state index contributed by atoms with van der Waals surface area (Å²) in [5, 5.41) is 9.48. The molecule has 0 saturated carbocycles. The van der Waals surface area contributed by atoms with E-state index in [0.29, 0.717) is 30.4 Å². The smallest absolute Gasteiger partial charge is 0.289 e. The molecule has 3 N–H and O–H groups in total. The largest absolute Gasteiger partial charge is 0.378 e. The molecule has 3 heterocycles. The highest BCUT2D eigenvalue weighted by Crippen LogP contribution is 2.21. The number of hydrogen-bond acceptors (Lipinski definition) is 8. The lowest BCUT2D eigenvalue weighted by molar-refractivity contribution is -0.122. The highest BCUT2D eigenvalue weighted by molar-refractivity contribution is 7.71. The summed E-state index contributed by atoms with van der Waals surface area (Å²) in [5.41, 5.74) is 7.15. The number of aromatic amines is 1. The van der Waals surface area contributed by atoms with Crippen LogP contribution >= 0.6 is 23.6 Å². The van der Waals surface area contributed by atoms with E-state index in [1.807, 2.05) is 31.2 Å². The van der Waals surface area contributed by atoms with E-state index in [9.17, 15) is 9.59 Å². The lowest BCUT2D eigenvalue weighted by Crippen LogP contribution is -2.42. The fourth-order valence-electron chi connectivity index (χ4n) is 3.18. The average Bonchev–Trinajstić information content (AvgIpc) is 3.44. The van der Waals surface area contributed by atoms with Crippen molar-refractivity contribution in [2.24, 2.45) is 0 Å². The number of anilines is 1. The maximum absolute atomic E-state index is 12.3. The summed E-state index contributed by atoms with van der Waals surface area (Å²) in [6, 6.07) is 7.89. The second kappa shape index (κ2) is 10.0. The van der Waals surface area contributed by atoms with Crippen molar-refractivity contribution < 1.29 is 14.3 Å². The van der Waals surface area contributed by atoms with Crippen LogP contribution in [0.15, 0.2) is 29.6 Å². The highest BCUT2D eigenvalue weighted by atomic mass is 32.1. The van der Waals surface area contributed by atoms with Gasteiger partial charge in [-0.1, -0.05) is 29.8 Å². The van der Waals surface area contributed by atoms with Crippen molar-refractivity contribution >= 4 is 40.5 Å². The standard InChI is InChI=1S/C20H23N7O3S2/c1-13-2-4-14(5-3-13)17-23-25-19(31)27(17)7-6-16(28)22-24-18(29)15-12-32-20(21-15)26-8-10-30-11-9-26/h2-5,12H,6-11H2,1H3,(H,22,28)(H,24,29)(H,25,31). The molecule has 0 atom stereocenters. The van der Waals surface area contributed by atoms with E-state index in [1.165, 1.54) is 11.3 Å². The number of thiazole rings is 1. The van der Waals surface area contributed by atoms with Gasteiger partial charge in [0.15, 0.2) is 15.7 Å². The summed E-state index contributed by atoms with van der Waals surface area (Å²) < 4.78 is 7.52. The molecule has 12 heteroatoms. The molecule has 1 fully saturated rings. The van der Waals surface area contributed by atoms with E-state index < -0.39 is 5.91 Å². The first-order valence-corrected chi connectivity index (χ1v) is 11.4. The minimum Gasteiger partial charge on any atom is -0.378 e. The number of nitrogens with one attached hydrogen (secondary N) is 3. The third kappa shape index (κ3) is 5.21. The minimum absolute atomic E-state index is 0.114. The number of nitrogens with zero attached hydrogens (tertiary/aromatic N) is 4. The van der Waals surface area contributed by atoms with Gasteiger partial charge in [-0.05, 0) is 19.1 Å². The van der Waals surface area contributed by atoms with Crippen LogP contribution in [0.1, 0.15) is 22.5 Å². The van der Waals surface area contributed by atoms with Gasteiger partial charge in [0.25, 0.3) is 5.91 Å². The molecule has 1 aliphatic heterocycles. The molecule has 3 aromatic rings. The Morgan fingerprint density at radius 3 is 2.72 bits per heavy atom. The quantitative estimate of drug-likeness (QED) is 0.371. The Labute approximate surface area is 193 Å². The number of amides is 2. The van der Waals surface area contributed by atoms with Gasteiger partial charge in [0.05, 0.1) is 13.2 Å². The summed E-state index contributed by atoms with van der Waals surface area (Å²) in [4.78, 5) is 31.1. The number of hydrogen-bond donors (Lipinski definition) is 3. The van der Waals surface area contributed by atoms with Gasteiger partial charge in [0, 0.05) is 37.0 Å². The van der Waals surface area contributed by atoms with Crippen molar-refractivity contribution in [1.82, 2.24) is 30.6 Å². The Hall–Kier alpha value is -3.09. The van der Waals surface area contributed by atoms with Crippen LogP contribution in [0, 0.1) is 11.7 Å². The predicted molar refractivity (Wildman–Crippen MR) is 123 cm³/mol. The second-order valence-corrected chi connectivity index (χ2v) is 8.46. The monoisotopic (exact) mass is 473 g/mol. The molecular formula is C20H23N7O3S2. The molecule has 2 aromatic heterocycles. The topological polar surface area (TPSA) is 117 Å². The molecule has 4 rings (SSSR count). The molecule has 1 aromatic carbocycles. The normalized spacial score (nSPS) is 13.7. The van der Waals surface area contributed by atoms with Crippen LogP contribution in [0.25, 0.3) is 11.4 Å². The molecule has 0 radical (unpaired) electrons. The number of aryl methyl sites for hydroxylation is 1. The first-order valence-electron chi connectivity index (χ1n) is 10.1. The van der Waals surface area contributed by atoms with Crippen LogP contribution in [0.4, 0.5) is 5.13 Å². The zero-order valence-corrected chi connectivity index (χ0v) is 19.1. The van der Waals surface area contributed by atoms with Crippen molar-refractivity contribution in [3.8, 4) is 11.4 Å². The molecule has 32 heavy (non-hydrogen) atoms. The van der Waals surface area contributed by atoms with Crippen LogP contribution in [0.5, 0.6) is 0 Å². The number of carbonyl (C=O) groups is 2. The molecule has 10 nitrogen and oxygen atoms in total. The number of benzene rings is 1. The minimum atomic E-state index is -0.464. The van der Waals surface area contributed by atoms with E-state index in [2.05, 4.69) is 30.9 Å². The van der Waals surface area contributed by atoms with Gasteiger partial charge in [0.1, 0.15) is 5.69 Å². The lowest BCUT2D eigenvalue weighted by Gasteiger charge is -2.25. The Kier molecular flexibility index (Phi) is 6.93. The number of aromatic nitrogens is 4. The SMILES string of the molecule is Cc1ccc(-c2n[nH]c(=S)n2CCC(=O)NNC(=O)c2csc(N3CCOCC3)n2)cc1. The Balaban J connectivity index is 1.30. The van der Waals surface area contributed by atoms with Crippen molar-refractivity contribution in [2.45, 2.75) is 19.9 Å². The van der Waals surface area contributed by atoms with Gasteiger partial charge in [-0.3, -0.25) is 30.1 Å². The predicted octanol–water partition coefficient (Wildman–Crippen LogP) is 2.06. The van der Waals surface area contributed by atoms with Crippen LogP contribution in [0.3, 0.4) is 0 Å². The van der Waals surface area contributed by atoms with Crippen LogP contribution in [-0.2, 0) is 16.1 Å². The molecule has 0 bridgehead atoms. The maximum atomic E-state index is 12.3. The fourth-order valence-corrected chi connectivity index (χ4v) is 4.27.